The Balaban J connectivity index is 2.61. The Morgan fingerprint density at radius 2 is 1.80 bits per heavy atom. The minimum Gasteiger partial charge on any atom is -0.496 e. The smallest absolute Gasteiger partial charge is 0.314 e. The summed E-state index contributed by atoms with van der Waals surface area (Å²) in [5.41, 5.74) is 0.748. The van der Waals surface area contributed by atoms with E-state index < -0.39 is 11.4 Å². The number of ether oxygens (including phenoxy) is 2. The minimum absolute atomic E-state index is 0.608. The Hall–Kier alpha value is -1.91. The van der Waals surface area contributed by atoms with Crippen molar-refractivity contribution in [3.8, 4) is 11.5 Å². The fourth-order valence-electron chi connectivity index (χ4n) is 2.73. The molecule has 1 aliphatic carbocycles. The fraction of sp³-hybridized carbons (Fsp3) is 0.533. The summed E-state index contributed by atoms with van der Waals surface area (Å²) in [4.78, 5) is 13.6. The Morgan fingerprint density at radius 1 is 1.20 bits per heavy atom. The molecule has 5 nitrogen and oxygen atoms in total. The van der Waals surface area contributed by atoms with Crippen molar-refractivity contribution in [1.82, 2.24) is 0 Å². The number of benzene rings is 1. The SMILES string of the molecule is COc1cc(C2(C(=O)O)CCC2)c(OC)cc1N(C)C. The molecule has 0 amide bonds. The van der Waals surface area contributed by atoms with Gasteiger partial charge in [-0.1, -0.05) is 6.42 Å². The zero-order chi connectivity index (χ0) is 14.9. The standard InChI is InChI=1S/C15H21NO4/c1-16(2)11-9-12(19-3)10(8-13(11)20-4)15(14(17)18)6-5-7-15/h8-9H,5-7H2,1-4H3,(H,17,18). The van der Waals surface area contributed by atoms with Gasteiger partial charge in [-0.25, -0.2) is 0 Å². The molecule has 0 radical (unpaired) electrons. The summed E-state index contributed by atoms with van der Waals surface area (Å²) in [6.45, 7) is 0. The van der Waals surface area contributed by atoms with Gasteiger partial charge in [-0.2, -0.15) is 0 Å². The van der Waals surface area contributed by atoms with E-state index in [9.17, 15) is 9.90 Å². The molecular weight excluding hydrogens is 258 g/mol. The zero-order valence-corrected chi connectivity index (χ0v) is 12.4. The molecule has 0 unspecified atom stereocenters. The van der Waals surface area contributed by atoms with Crippen LogP contribution in [0, 0.1) is 0 Å². The molecule has 1 N–H and O–H groups in total. The summed E-state index contributed by atoms with van der Waals surface area (Å²) in [6.07, 6.45) is 2.21. The molecule has 1 fully saturated rings. The molecule has 1 aromatic carbocycles. The van der Waals surface area contributed by atoms with Gasteiger partial charge in [0.25, 0.3) is 0 Å². The highest BCUT2D eigenvalue weighted by Crippen LogP contribution is 2.50. The summed E-state index contributed by atoms with van der Waals surface area (Å²) >= 11 is 0. The maximum Gasteiger partial charge on any atom is 0.314 e. The van der Waals surface area contributed by atoms with Crippen molar-refractivity contribution in [2.45, 2.75) is 24.7 Å². The van der Waals surface area contributed by atoms with Crippen molar-refractivity contribution in [2.24, 2.45) is 0 Å². The number of hydrogen-bond donors (Lipinski definition) is 1. The number of aliphatic carboxylic acids is 1. The lowest BCUT2D eigenvalue weighted by Gasteiger charge is -2.39. The number of hydrogen-bond acceptors (Lipinski definition) is 4. The van der Waals surface area contributed by atoms with Crippen LogP contribution >= 0.6 is 0 Å². The second kappa shape index (κ2) is 5.23. The third-order valence-electron chi connectivity index (χ3n) is 4.11. The van der Waals surface area contributed by atoms with Crippen molar-refractivity contribution < 1.29 is 19.4 Å². The third kappa shape index (κ3) is 2.07. The first-order chi connectivity index (χ1) is 9.46. The summed E-state index contributed by atoms with van der Waals surface area (Å²) < 4.78 is 10.8. The maximum atomic E-state index is 11.7. The van der Waals surface area contributed by atoms with Crippen LogP contribution in [0.5, 0.6) is 11.5 Å². The Morgan fingerprint density at radius 3 is 2.15 bits per heavy atom. The zero-order valence-electron chi connectivity index (χ0n) is 12.4. The molecule has 5 heteroatoms. The molecule has 0 atom stereocenters. The highest BCUT2D eigenvalue weighted by molar-refractivity contribution is 5.85. The summed E-state index contributed by atoms with van der Waals surface area (Å²) in [7, 11) is 6.98. The van der Waals surface area contributed by atoms with Gasteiger partial charge in [0.1, 0.15) is 11.5 Å². The van der Waals surface area contributed by atoms with E-state index in [1.54, 1.807) is 20.3 Å². The molecule has 0 saturated heterocycles. The Labute approximate surface area is 119 Å². The molecule has 2 rings (SSSR count). The van der Waals surface area contributed by atoms with E-state index >= 15 is 0 Å². The molecule has 1 aromatic rings. The summed E-state index contributed by atoms with van der Waals surface area (Å²) in [5.74, 6) is 0.483. The number of anilines is 1. The van der Waals surface area contributed by atoms with Gasteiger partial charge in [0.05, 0.1) is 25.3 Å². The first-order valence-electron chi connectivity index (χ1n) is 6.63. The van der Waals surface area contributed by atoms with Crippen LogP contribution in [0.1, 0.15) is 24.8 Å². The molecule has 0 aliphatic heterocycles. The largest absolute Gasteiger partial charge is 0.496 e. The van der Waals surface area contributed by atoms with Crippen LogP contribution in [0.25, 0.3) is 0 Å². The highest BCUT2D eigenvalue weighted by Gasteiger charge is 2.48. The number of methoxy groups -OCH3 is 2. The van der Waals surface area contributed by atoms with Gasteiger partial charge >= 0.3 is 5.97 Å². The first-order valence-corrected chi connectivity index (χ1v) is 6.63. The number of carbonyl (C=O) groups is 1. The molecule has 0 heterocycles. The van der Waals surface area contributed by atoms with Gasteiger partial charge in [-0.3, -0.25) is 4.79 Å². The van der Waals surface area contributed by atoms with Gasteiger partial charge < -0.3 is 19.5 Å². The number of carboxylic acids is 1. The summed E-state index contributed by atoms with van der Waals surface area (Å²) in [6, 6.07) is 3.65. The van der Waals surface area contributed by atoms with E-state index in [0.29, 0.717) is 29.9 Å². The van der Waals surface area contributed by atoms with Gasteiger partial charge in [0.15, 0.2) is 0 Å². The number of carboxylic acid groups (broad SMARTS) is 1. The molecule has 20 heavy (non-hydrogen) atoms. The van der Waals surface area contributed by atoms with Gasteiger partial charge in [0, 0.05) is 25.7 Å². The van der Waals surface area contributed by atoms with E-state index in [-0.39, 0.29) is 0 Å². The Bertz CT molecular complexity index is 521. The van der Waals surface area contributed by atoms with Gasteiger partial charge in [0.2, 0.25) is 0 Å². The normalized spacial score (nSPS) is 16.2. The van der Waals surface area contributed by atoms with Crippen molar-refractivity contribution in [2.75, 3.05) is 33.2 Å². The van der Waals surface area contributed by atoms with Crippen LogP contribution in [-0.4, -0.2) is 39.4 Å². The minimum atomic E-state index is -0.830. The van der Waals surface area contributed by atoms with E-state index in [4.69, 9.17) is 9.47 Å². The lowest BCUT2D eigenvalue weighted by atomic mass is 9.64. The monoisotopic (exact) mass is 279 g/mol. The van der Waals surface area contributed by atoms with Crippen molar-refractivity contribution in [3.63, 3.8) is 0 Å². The molecule has 110 valence electrons. The van der Waals surface area contributed by atoms with E-state index in [1.807, 2.05) is 25.1 Å². The molecule has 0 aromatic heterocycles. The highest BCUT2D eigenvalue weighted by atomic mass is 16.5. The van der Waals surface area contributed by atoms with E-state index in [1.165, 1.54) is 0 Å². The maximum absolute atomic E-state index is 11.7. The first kappa shape index (κ1) is 14.5. The van der Waals surface area contributed by atoms with Gasteiger partial charge in [-0.15, -0.1) is 0 Å². The quantitative estimate of drug-likeness (QED) is 0.896. The van der Waals surface area contributed by atoms with Crippen LogP contribution in [0.4, 0.5) is 5.69 Å². The molecule has 1 saturated carbocycles. The van der Waals surface area contributed by atoms with Crippen LogP contribution in [-0.2, 0) is 10.2 Å². The van der Waals surface area contributed by atoms with Crippen molar-refractivity contribution >= 4 is 11.7 Å². The predicted octanol–water partition coefficient (Wildman–Crippen LogP) is 2.28. The average molecular weight is 279 g/mol. The Kier molecular flexibility index (Phi) is 3.79. The van der Waals surface area contributed by atoms with Crippen molar-refractivity contribution in [3.05, 3.63) is 17.7 Å². The number of nitrogens with zero attached hydrogens (tertiary/aromatic N) is 1. The lowest BCUT2D eigenvalue weighted by Crippen LogP contribution is -2.42. The van der Waals surface area contributed by atoms with E-state index in [2.05, 4.69) is 0 Å². The fourth-order valence-corrected chi connectivity index (χ4v) is 2.73. The lowest BCUT2D eigenvalue weighted by molar-refractivity contribution is -0.147. The van der Waals surface area contributed by atoms with Crippen LogP contribution in [0.15, 0.2) is 12.1 Å². The molecular formula is C15H21NO4. The van der Waals surface area contributed by atoms with E-state index in [0.717, 1.165) is 12.1 Å². The number of rotatable bonds is 5. The van der Waals surface area contributed by atoms with Crippen molar-refractivity contribution in [1.29, 1.82) is 0 Å². The van der Waals surface area contributed by atoms with Crippen LogP contribution in [0.2, 0.25) is 0 Å². The predicted molar refractivity (Wildman–Crippen MR) is 77.0 cm³/mol. The molecule has 0 bridgehead atoms. The topological polar surface area (TPSA) is 59.0 Å². The molecule has 1 aliphatic rings. The van der Waals surface area contributed by atoms with Gasteiger partial charge in [-0.05, 0) is 18.9 Å². The second-order valence-corrected chi connectivity index (χ2v) is 5.36. The molecule has 0 spiro atoms. The van der Waals surface area contributed by atoms with Crippen LogP contribution < -0.4 is 14.4 Å². The third-order valence-corrected chi connectivity index (χ3v) is 4.11. The average Bonchev–Trinajstić information content (AvgIpc) is 2.36. The second-order valence-electron chi connectivity index (χ2n) is 5.36. The summed E-state index contributed by atoms with van der Waals surface area (Å²) in [5, 5.41) is 9.59. The van der Waals surface area contributed by atoms with Crippen LogP contribution in [0.3, 0.4) is 0 Å².